The molecule has 0 unspecified atom stereocenters. The van der Waals surface area contributed by atoms with Crippen LogP contribution >= 0.6 is 0 Å². The average Bonchev–Trinajstić information content (AvgIpc) is 1.59. The van der Waals surface area contributed by atoms with Crippen molar-refractivity contribution in [2.24, 2.45) is 0 Å². The maximum absolute atomic E-state index is 2.88. The molecule has 1 saturated heterocycles. The molecule has 0 spiro atoms. The van der Waals surface area contributed by atoms with Gasteiger partial charge in [-0.05, 0) is 4.79 Å². The van der Waals surface area contributed by atoms with Gasteiger partial charge in [-0.3, -0.25) is 0 Å². The van der Waals surface area contributed by atoms with Crippen molar-refractivity contribution < 1.29 is 0 Å². The normalized spacial score (nSPS) is 42.0. The molecule has 0 amide bonds. The maximum Gasteiger partial charge on any atom is 0.144 e. The lowest BCUT2D eigenvalue weighted by Gasteiger charge is -2.34. The summed E-state index contributed by atoms with van der Waals surface area (Å²) in [6.45, 7) is 0. The Balaban J connectivity index is 2.34. The van der Waals surface area contributed by atoms with Crippen LogP contribution < -0.4 is 0 Å². The molecule has 1 aliphatic heterocycles. The minimum Gasteiger partial charge on any atom is -0.374 e. The van der Waals surface area contributed by atoms with Gasteiger partial charge < -0.3 is 7.79 Å². The van der Waals surface area contributed by atoms with Crippen molar-refractivity contribution >= 4 is 60.3 Å². The fraction of sp³-hybridized carbons (Fsp3) is 1.00. The third-order valence-electron chi connectivity index (χ3n) is 1.73. The molecule has 2 nitrogen and oxygen atoms in total. The number of hydrogen-bond acceptors (Lipinski definition) is 2. The summed E-state index contributed by atoms with van der Waals surface area (Å²) in [5.74, 6) is 0. The van der Waals surface area contributed by atoms with Crippen LogP contribution in [0.2, 0.25) is 4.79 Å². The highest BCUT2D eigenvalue weighted by Crippen LogP contribution is 2.01. The van der Waals surface area contributed by atoms with Gasteiger partial charge in [-0.1, -0.05) is 0 Å². The Morgan fingerprint density at radius 3 is 1.89 bits per heavy atom. The van der Waals surface area contributed by atoms with Crippen LogP contribution in [0.3, 0.4) is 0 Å². The third-order valence-corrected chi connectivity index (χ3v) is 15.6. The molecule has 0 aromatic rings. The molecular formula is CH16N2Si6. The van der Waals surface area contributed by atoms with Crippen LogP contribution in [0.15, 0.2) is 0 Å². The van der Waals surface area contributed by atoms with Gasteiger partial charge in [-0.25, -0.2) is 0 Å². The predicted molar refractivity (Wildman–Crippen MR) is 62.9 cm³/mol. The van der Waals surface area contributed by atoms with Gasteiger partial charge >= 0.3 is 0 Å². The summed E-state index contributed by atoms with van der Waals surface area (Å²) in [6, 6.07) is 0. The van der Waals surface area contributed by atoms with Crippen molar-refractivity contribution in [2.75, 3.05) is 0 Å². The molecule has 1 fully saturated rings. The molecule has 0 aromatic heterocycles. The Bertz CT molecular complexity index is 72.0. The first-order valence-electron chi connectivity index (χ1n) is 3.55. The topological polar surface area (TPSA) is 6.48 Å². The van der Waals surface area contributed by atoms with Crippen LogP contribution in [0.1, 0.15) is 0 Å². The van der Waals surface area contributed by atoms with Gasteiger partial charge in [0.15, 0.2) is 0 Å². The number of nitrogens with zero attached hydrogens (tertiary/aromatic N) is 2. The molecule has 9 heavy (non-hydrogen) atoms. The van der Waals surface area contributed by atoms with Crippen LogP contribution in [0.25, 0.3) is 0 Å². The summed E-state index contributed by atoms with van der Waals surface area (Å²) < 4.78 is 5.75. The molecule has 0 saturated carbocycles. The summed E-state index contributed by atoms with van der Waals surface area (Å²) in [5.41, 5.74) is 0. The van der Waals surface area contributed by atoms with E-state index in [2.05, 4.69) is 7.79 Å². The Labute approximate surface area is 73.0 Å². The summed E-state index contributed by atoms with van der Waals surface area (Å²) in [5, 5.41) is 0. The zero-order valence-corrected chi connectivity index (χ0v) is 16.8. The van der Waals surface area contributed by atoms with Crippen molar-refractivity contribution in [2.45, 2.75) is 4.79 Å². The van der Waals surface area contributed by atoms with Gasteiger partial charge in [-0.15, -0.1) is 0 Å². The molecule has 0 bridgehead atoms. The lowest BCUT2D eigenvalue weighted by Crippen LogP contribution is -2.52. The van der Waals surface area contributed by atoms with Crippen molar-refractivity contribution in [3.05, 3.63) is 0 Å². The van der Waals surface area contributed by atoms with E-state index in [-0.39, 0.29) is 9.84 Å². The fourth-order valence-electron chi connectivity index (χ4n) is 1.65. The lowest BCUT2D eigenvalue weighted by atomic mass is 11.8. The molecule has 1 aliphatic rings. The smallest absolute Gasteiger partial charge is 0.144 e. The van der Waals surface area contributed by atoms with Crippen LogP contribution in [0, 0.1) is 0 Å². The largest absolute Gasteiger partial charge is 0.374 e. The number of hydrogen-bond donors (Lipinski definition) is 0. The van der Waals surface area contributed by atoms with Gasteiger partial charge in [0, 0.05) is 10.2 Å². The Morgan fingerprint density at radius 1 is 1.11 bits per heavy atom. The van der Waals surface area contributed by atoms with Crippen molar-refractivity contribution in [3.63, 3.8) is 0 Å². The van der Waals surface area contributed by atoms with E-state index in [1.54, 1.807) is 0 Å². The van der Waals surface area contributed by atoms with E-state index in [0.717, 1.165) is 0 Å². The molecule has 0 aromatic carbocycles. The summed E-state index contributed by atoms with van der Waals surface area (Å²) in [7, 11) is 5.39. The quantitative estimate of drug-likeness (QED) is 0.378. The lowest BCUT2D eigenvalue weighted by molar-refractivity contribution is 0.934. The molecule has 0 atom stereocenters. The van der Waals surface area contributed by atoms with Gasteiger partial charge in [-0.2, -0.15) is 0 Å². The SMILES string of the molecule is [SiH3]C1[SiH2]N([SiH3])[SiH2]N([SiH3])[SiH2]1. The monoisotopic (exact) mass is 224 g/mol. The first-order valence-corrected chi connectivity index (χ1v) is 10.7. The van der Waals surface area contributed by atoms with Gasteiger partial charge in [0.2, 0.25) is 0 Å². The van der Waals surface area contributed by atoms with Crippen molar-refractivity contribution in [3.8, 4) is 0 Å². The summed E-state index contributed by atoms with van der Waals surface area (Å²) in [4.78, 5) is 1.36. The second-order valence-electron chi connectivity index (χ2n) is 3.32. The van der Waals surface area contributed by atoms with E-state index in [0.29, 0.717) is 19.4 Å². The van der Waals surface area contributed by atoms with Crippen molar-refractivity contribution in [1.82, 2.24) is 7.79 Å². The van der Waals surface area contributed by atoms with E-state index in [1.807, 2.05) is 0 Å². The molecule has 54 valence electrons. The number of rotatable bonds is 0. The van der Waals surface area contributed by atoms with Crippen LogP contribution in [0.4, 0.5) is 0 Å². The summed E-state index contributed by atoms with van der Waals surface area (Å²) >= 11 is 0. The first kappa shape index (κ1) is 8.32. The van der Waals surface area contributed by atoms with Crippen LogP contribution in [-0.2, 0) is 0 Å². The average molecular weight is 225 g/mol. The Morgan fingerprint density at radius 2 is 1.56 bits per heavy atom. The zero-order chi connectivity index (χ0) is 6.85. The summed E-state index contributed by atoms with van der Waals surface area (Å²) in [6.07, 6.45) is 0. The third kappa shape index (κ3) is 2.75. The molecule has 0 aliphatic carbocycles. The van der Waals surface area contributed by atoms with Gasteiger partial charge in [0.25, 0.3) is 0 Å². The highest BCUT2D eigenvalue weighted by atomic mass is 28.4. The second kappa shape index (κ2) is 3.57. The van der Waals surface area contributed by atoms with E-state index in [9.17, 15) is 0 Å². The fourth-order valence-corrected chi connectivity index (χ4v) is 41.4. The standard InChI is InChI=1S/CH16N2Si6/c4-1-7-2(5)9-3(6)8-1/h1H,7-9H2,4-6H3. The van der Waals surface area contributed by atoms with E-state index < -0.39 is 0 Å². The van der Waals surface area contributed by atoms with Gasteiger partial charge in [0.05, 0.1) is 40.2 Å². The maximum atomic E-state index is 2.88. The molecule has 1 rings (SSSR count). The van der Waals surface area contributed by atoms with Crippen molar-refractivity contribution in [1.29, 1.82) is 0 Å². The minimum absolute atomic E-state index is 0.261. The van der Waals surface area contributed by atoms with Gasteiger partial charge in [0.1, 0.15) is 9.84 Å². The van der Waals surface area contributed by atoms with E-state index in [1.165, 1.54) is 35.8 Å². The van der Waals surface area contributed by atoms with Crippen LogP contribution in [-0.4, -0.2) is 68.0 Å². The molecule has 8 heteroatoms. The Kier molecular flexibility index (Phi) is 3.30. The molecular weight excluding hydrogens is 209 g/mol. The van der Waals surface area contributed by atoms with E-state index in [4.69, 9.17) is 0 Å². The first-order chi connectivity index (χ1) is 4.18. The highest BCUT2D eigenvalue weighted by Gasteiger charge is 2.17. The molecule has 0 radical (unpaired) electrons. The highest BCUT2D eigenvalue weighted by molar-refractivity contribution is 6.84. The second-order valence-corrected chi connectivity index (χ2v) is 26.9. The predicted octanol–water partition coefficient (Wildman–Crippen LogP) is -6.60. The minimum atomic E-state index is 0.261. The molecule has 1 heterocycles. The van der Waals surface area contributed by atoms with E-state index >= 15 is 0 Å². The Hall–Kier alpha value is 1.22. The zero-order valence-electron chi connectivity index (χ0n) is 6.59. The van der Waals surface area contributed by atoms with Crippen LogP contribution in [0.5, 0.6) is 0 Å². The molecule has 0 N–H and O–H groups in total.